The quantitative estimate of drug-likeness (QED) is 0.555. The van der Waals surface area contributed by atoms with E-state index in [1.165, 1.54) is 4.90 Å². The number of nitrogens with one attached hydrogen (secondary N) is 1. The highest BCUT2D eigenvalue weighted by molar-refractivity contribution is 7.98. The number of anilines is 3. The number of benzene rings is 2. The molecule has 3 nitrogen and oxygen atoms in total. The number of nitrogen functional groups attached to an aromatic ring is 1. The van der Waals surface area contributed by atoms with Crippen LogP contribution in [-0.2, 0) is 0 Å². The molecule has 0 saturated heterocycles. The highest BCUT2D eigenvalue weighted by Crippen LogP contribution is 2.30. The first-order valence-corrected chi connectivity index (χ1v) is 7.53. The number of thioether (sulfide) groups is 1. The van der Waals surface area contributed by atoms with Gasteiger partial charge in [0.25, 0.3) is 0 Å². The molecule has 3 aromatic rings. The van der Waals surface area contributed by atoms with Gasteiger partial charge in [0.05, 0.1) is 0 Å². The molecule has 20 heavy (non-hydrogen) atoms. The van der Waals surface area contributed by atoms with Gasteiger partial charge in [0.1, 0.15) is 0 Å². The fourth-order valence-corrected chi connectivity index (χ4v) is 2.56. The summed E-state index contributed by atoms with van der Waals surface area (Å²) in [5, 5.41) is 5.47. The lowest BCUT2D eigenvalue weighted by Crippen LogP contribution is -1.94. The van der Waals surface area contributed by atoms with Crippen molar-refractivity contribution in [2.45, 2.75) is 4.90 Å². The van der Waals surface area contributed by atoms with Gasteiger partial charge in [0.15, 0.2) is 0 Å². The molecule has 4 heteroatoms. The summed E-state index contributed by atoms with van der Waals surface area (Å²) in [7, 11) is 0. The van der Waals surface area contributed by atoms with Gasteiger partial charge in [-0.05, 0) is 48.7 Å². The monoisotopic (exact) mass is 281 g/mol. The van der Waals surface area contributed by atoms with Crippen molar-refractivity contribution in [2.24, 2.45) is 0 Å². The molecule has 1 aromatic heterocycles. The summed E-state index contributed by atoms with van der Waals surface area (Å²) >= 11 is 1.73. The fourth-order valence-electron chi connectivity index (χ4n) is 2.15. The molecule has 0 unspecified atom stereocenters. The molecule has 100 valence electrons. The van der Waals surface area contributed by atoms with E-state index in [9.17, 15) is 0 Å². The zero-order valence-corrected chi connectivity index (χ0v) is 11.9. The maximum absolute atomic E-state index is 6.00. The number of hydrogen-bond acceptors (Lipinski definition) is 4. The molecule has 0 saturated carbocycles. The number of fused-ring (bicyclic) bond motifs is 1. The predicted molar refractivity (Wildman–Crippen MR) is 87.7 cm³/mol. The average molecular weight is 281 g/mol. The van der Waals surface area contributed by atoms with Gasteiger partial charge in [-0.15, -0.1) is 11.8 Å². The summed E-state index contributed by atoms with van der Waals surface area (Å²) in [6.07, 6.45) is 5.67. The molecular weight excluding hydrogens is 266 g/mol. The molecule has 2 aromatic carbocycles. The lowest BCUT2D eigenvalue weighted by Gasteiger charge is -2.11. The van der Waals surface area contributed by atoms with Gasteiger partial charge in [-0.3, -0.25) is 4.98 Å². The van der Waals surface area contributed by atoms with Crippen molar-refractivity contribution in [1.82, 2.24) is 4.98 Å². The second-order valence-electron chi connectivity index (χ2n) is 4.48. The molecular formula is C16H15N3S. The summed E-state index contributed by atoms with van der Waals surface area (Å²) in [6, 6.07) is 14.2. The molecule has 0 amide bonds. The number of nitrogens with two attached hydrogens (primary N) is 1. The zero-order chi connectivity index (χ0) is 13.9. The Morgan fingerprint density at radius 1 is 1.00 bits per heavy atom. The number of nitrogens with zero attached hydrogens (tertiary/aromatic N) is 1. The minimum atomic E-state index is 0.769. The SMILES string of the molecule is CSc1ccc(Nc2ccc(N)c3ccncc23)cc1. The van der Waals surface area contributed by atoms with Crippen LogP contribution in [0.25, 0.3) is 10.8 Å². The van der Waals surface area contributed by atoms with Crippen molar-refractivity contribution in [3.63, 3.8) is 0 Å². The minimum absolute atomic E-state index is 0.769. The van der Waals surface area contributed by atoms with Gasteiger partial charge in [-0.2, -0.15) is 0 Å². The van der Waals surface area contributed by atoms with Gasteiger partial charge >= 0.3 is 0 Å². The third-order valence-electron chi connectivity index (χ3n) is 3.22. The Morgan fingerprint density at radius 2 is 1.80 bits per heavy atom. The van der Waals surface area contributed by atoms with Crippen LogP contribution in [0.2, 0.25) is 0 Å². The van der Waals surface area contributed by atoms with E-state index in [-0.39, 0.29) is 0 Å². The Bertz CT molecular complexity index is 738. The van der Waals surface area contributed by atoms with Crippen molar-refractivity contribution < 1.29 is 0 Å². The molecule has 0 aliphatic heterocycles. The number of rotatable bonds is 3. The van der Waals surface area contributed by atoms with Crippen LogP contribution in [0.5, 0.6) is 0 Å². The van der Waals surface area contributed by atoms with Gasteiger partial charge < -0.3 is 11.1 Å². The van der Waals surface area contributed by atoms with E-state index >= 15 is 0 Å². The summed E-state index contributed by atoms with van der Waals surface area (Å²) in [5.74, 6) is 0. The van der Waals surface area contributed by atoms with Crippen LogP contribution >= 0.6 is 11.8 Å². The number of hydrogen-bond donors (Lipinski definition) is 2. The zero-order valence-electron chi connectivity index (χ0n) is 11.1. The van der Waals surface area contributed by atoms with E-state index in [1.54, 1.807) is 18.0 Å². The van der Waals surface area contributed by atoms with E-state index in [2.05, 4.69) is 40.8 Å². The van der Waals surface area contributed by atoms with Crippen LogP contribution in [0.1, 0.15) is 0 Å². The standard InChI is InChI=1S/C16H15N3S/c1-20-12-4-2-11(3-5-12)19-16-7-6-15(17)13-8-9-18-10-14(13)16/h2-10,19H,17H2,1H3. The molecule has 0 radical (unpaired) electrons. The van der Waals surface area contributed by atoms with Gasteiger partial charge in [0.2, 0.25) is 0 Å². The van der Waals surface area contributed by atoms with Crippen LogP contribution in [0.3, 0.4) is 0 Å². The first-order valence-electron chi connectivity index (χ1n) is 6.31. The number of pyridine rings is 1. The van der Waals surface area contributed by atoms with Gasteiger partial charge in [-0.1, -0.05) is 0 Å². The topological polar surface area (TPSA) is 50.9 Å². The van der Waals surface area contributed by atoms with Gasteiger partial charge in [-0.25, -0.2) is 0 Å². The Morgan fingerprint density at radius 3 is 2.55 bits per heavy atom. The highest BCUT2D eigenvalue weighted by Gasteiger charge is 2.04. The predicted octanol–water partition coefficient (Wildman–Crippen LogP) is 4.28. The van der Waals surface area contributed by atoms with Crippen LogP contribution in [-0.4, -0.2) is 11.2 Å². The largest absolute Gasteiger partial charge is 0.398 e. The molecule has 0 aliphatic carbocycles. The van der Waals surface area contributed by atoms with Crippen LogP contribution in [0.15, 0.2) is 59.8 Å². The third kappa shape index (κ3) is 2.42. The Kier molecular flexibility index (Phi) is 3.48. The van der Waals surface area contributed by atoms with Crippen LogP contribution < -0.4 is 11.1 Å². The van der Waals surface area contributed by atoms with Crippen molar-refractivity contribution in [2.75, 3.05) is 17.3 Å². The maximum atomic E-state index is 6.00. The van der Waals surface area contributed by atoms with E-state index in [0.717, 1.165) is 27.8 Å². The normalized spacial score (nSPS) is 10.7. The molecule has 3 N–H and O–H groups in total. The molecule has 3 rings (SSSR count). The average Bonchev–Trinajstić information content (AvgIpc) is 2.51. The smallest absolute Gasteiger partial charge is 0.0481 e. The van der Waals surface area contributed by atoms with E-state index in [0.29, 0.717) is 0 Å². The Balaban J connectivity index is 2.00. The van der Waals surface area contributed by atoms with E-state index < -0.39 is 0 Å². The minimum Gasteiger partial charge on any atom is -0.398 e. The fraction of sp³-hybridized carbons (Fsp3) is 0.0625. The lowest BCUT2D eigenvalue weighted by atomic mass is 10.1. The van der Waals surface area contributed by atoms with Crippen molar-refractivity contribution in [1.29, 1.82) is 0 Å². The summed E-state index contributed by atoms with van der Waals surface area (Å²) < 4.78 is 0. The number of aromatic nitrogens is 1. The second-order valence-corrected chi connectivity index (χ2v) is 5.36. The van der Waals surface area contributed by atoms with E-state index in [4.69, 9.17) is 5.73 Å². The first-order chi connectivity index (χ1) is 9.78. The summed E-state index contributed by atoms with van der Waals surface area (Å²) in [4.78, 5) is 5.43. The maximum Gasteiger partial charge on any atom is 0.0481 e. The van der Waals surface area contributed by atoms with Crippen LogP contribution in [0.4, 0.5) is 17.1 Å². The molecule has 0 fully saturated rings. The molecule has 0 spiro atoms. The molecule has 0 aliphatic rings. The summed E-state index contributed by atoms with van der Waals surface area (Å²) in [6.45, 7) is 0. The molecule has 1 heterocycles. The Hall–Kier alpha value is -2.20. The molecule has 0 atom stereocenters. The Labute approximate surface area is 122 Å². The first kappa shape index (κ1) is 12.8. The van der Waals surface area contributed by atoms with Crippen molar-refractivity contribution in [3.05, 3.63) is 54.9 Å². The molecule has 0 bridgehead atoms. The summed E-state index contributed by atoms with van der Waals surface area (Å²) in [5.41, 5.74) is 8.83. The van der Waals surface area contributed by atoms with Crippen LogP contribution in [0, 0.1) is 0 Å². The highest BCUT2D eigenvalue weighted by atomic mass is 32.2. The third-order valence-corrected chi connectivity index (χ3v) is 3.96. The van der Waals surface area contributed by atoms with Crippen molar-refractivity contribution >= 4 is 39.6 Å². The lowest BCUT2D eigenvalue weighted by molar-refractivity contribution is 1.36. The van der Waals surface area contributed by atoms with Gasteiger partial charge in [0, 0.05) is 45.1 Å². The van der Waals surface area contributed by atoms with E-state index in [1.807, 2.05) is 24.4 Å². The second kappa shape index (κ2) is 5.43. The van der Waals surface area contributed by atoms with Crippen molar-refractivity contribution in [3.8, 4) is 0 Å².